The number of aryl methyl sites for hydroxylation is 1. The molecular weight excluding hydrogens is 326 g/mol. The number of nitrogens with one attached hydrogen (secondary N) is 2. The first-order valence-corrected chi connectivity index (χ1v) is 8.80. The quantitative estimate of drug-likeness (QED) is 0.762. The Hall–Kier alpha value is -2.99. The number of para-hydroxylation sites is 1. The van der Waals surface area contributed by atoms with Crippen LogP contribution in [0.2, 0.25) is 0 Å². The molecular formula is C20H21N5O. The van der Waals surface area contributed by atoms with Crippen LogP contribution in [0.4, 0.5) is 11.5 Å². The van der Waals surface area contributed by atoms with Gasteiger partial charge in [-0.25, -0.2) is 4.98 Å². The van der Waals surface area contributed by atoms with Crippen LogP contribution in [0.3, 0.4) is 0 Å². The molecule has 1 saturated heterocycles. The minimum Gasteiger partial charge on any atom is -0.354 e. The number of nitrogens with zero attached hydrogens (tertiary/aromatic N) is 3. The molecule has 0 spiro atoms. The van der Waals surface area contributed by atoms with Gasteiger partial charge in [-0.3, -0.25) is 9.78 Å². The van der Waals surface area contributed by atoms with Crippen molar-refractivity contribution in [2.75, 3.05) is 36.4 Å². The monoisotopic (exact) mass is 347 g/mol. The van der Waals surface area contributed by atoms with Crippen LogP contribution in [0.25, 0.3) is 10.9 Å². The van der Waals surface area contributed by atoms with Gasteiger partial charge in [0, 0.05) is 55.2 Å². The average molecular weight is 347 g/mol. The molecule has 1 aromatic carbocycles. The van der Waals surface area contributed by atoms with Gasteiger partial charge in [-0.2, -0.15) is 0 Å². The second-order valence-electron chi connectivity index (χ2n) is 6.42. The van der Waals surface area contributed by atoms with Crippen LogP contribution in [0, 0.1) is 6.92 Å². The highest BCUT2D eigenvalue weighted by molar-refractivity contribution is 6.12. The van der Waals surface area contributed by atoms with Gasteiger partial charge >= 0.3 is 0 Å². The van der Waals surface area contributed by atoms with Crippen molar-refractivity contribution >= 4 is 28.3 Å². The second-order valence-corrected chi connectivity index (χ2v) is 6.42. The number of aromatic nitrogens is 2. The fourth-order valence-electron chi connectivity index (χ4n) is 3.26. The Morgan fingerprint density at radius 2 is 1.96 bits per heavy atom. The minimum absolute atomic E-state index is 0.135. The Labute approximate surface area is 152 Å². The molecule has 26 heavy (non-hydrogen) atoms. The van der Waals surface area contributed by atoms with Crippen molar-refractivity contribution in [3.63, 3.8) is 0 Å². The molecule has 6 nitrogen and oxygen atoms in total. The summed E-state index contributed by atoms with van der Waals surface area (Å²) in [6.45, 7) is 5.62. The molecule has 1 fully saturated rings. The van der Waals surface area contributed by atoms with Gasteiger partial charge in [-0.05, 0) is 25.1 Å². The molecule has 132 valence electrons. The number of hydrogen-bond donors (Lipinski definition) is 2. The number of fused-ring (bicyclic) bond motifs is 1. The zero-order valence-corrected chi connectivity index (χ0v) is 14.7. The third kappa shape index (κ3) is 3.36. The number of carbonyl (C=O) groups excluding carboxylic acids is 1. The summed E-state index contributed by atoms with van der Waals surface area (Å²) in [6, 6.07) is 13.3. The van der Waals surface area contributed by atoms with E-state index in [2.05, 4.69) is 25.5 Å². The highest BCUT2D eigenvalue weighted by Crippen LogP contribution is 2.21. The standard InChI is InChI=1S/C20H21N5O/c1-14-12-17(16-4-2-3-5-18(16)23-14)20(26)24-15-6-7-22-19(13-15)25-10-8-21-9-11-25/h2-7,12-13,21H,8-11H2,1H3,(H,22,24,26). The predicted octanol–water partition coefficient (Wildman–Crippen LogP) is 2.60. The Kier molecular flexibility index (Phi) is 4.50. The molecule has 0 saturated carbocycles. The zero-order valence-electron chi connectivity index (χ0n) is 14.7. The maximum atomic E-state index is 12.9. The van der Waals surface area contributed by atoms with Crippen molar-refractivity contribution < 1.29 is 4.79 Å². The Morgan fingerprint density at radius 3 is 2.81 bits per heavy atom. The number of amides is 1. The maximum Gasteiger partial charge on any atom is 0.256 e. The molecule has 6 heteroatoms. The van der Waals surface area contributed by atoms with Gasteiger partial charge < -0.3 is 15.5 Å². The lowest BCUT2D eigenvalue weighted by Gasteiger charge is -2.28. The second kappa shape index (κ2) is 7.09. The number of anilines is 2. The van der Waals surface area contributed by atoms with Gasteiger partial charge in [0.05, 0.1) is 11.1 Å². The fourth-order valence-corrected chi connectivity index (χ4v) is 3.26. The normalized spacial score (nSPS) is 14.4. The first kappa shape index (κ1) is 16.5. The Balaban J connectivity index is 1.61. The first-order valence-electron chi connectivity index (χ1n) is 8.80. The van der Waals surface area contributed by atoms with E-state index >= 15 is 0 Å². The largest absolute Gasteiger partial charge is 0.354 e. The van der Waals surface area contributed by atoms with Crippen LogP contribution in [0.1, 0.15) is 16.1 Å². The number of piperazine rings is 1. The van der Waals surface area contributed by atoms with Gasteiger partial charge in [0.15, 0.2) is 0 Å². The van der Waals surface area contributed by atoms with Crippen LogP contribution in [0.15, 0.2) is 48.7 Å². The van der Waals surface area contributed by atoms with Crippen molar-refractivity contribution in [3.05, 3.63) is 59.9 Å². The lowest BCUT2D eigenvalue weighted by atomic mass is 10.1. The fraction of sp³-hybridized carbons (Fsp3) is 0.250. The summed E-state index contributed by atoms with van der Waals surface area (Å²) in [5.74, 6) is 0.754. The van der Waals surface area contributed by atoms with Gasteiger partial charge in [0.2, 0.25) is 0 Å². The maximum absolute atomic E-state index is 12.9. The van der Waals surface area contributed by atoms with E-state index in [0.29, 0.717) is 5.56 Å². The van der Waals surface area contributed by atoms with Crippen LogP contribution >= 0.6 is 0 Å². The molecule has 0 radical (unpaired) electrons. The third-order valence-electron chi connectivity index (χ3n) is 4.53. The Morgan fingerprint density at radius 1 is 1.15 bits per heavy atom. The van der Waals surface area contributed by atoms with Gasteiger partial charge in [-0.1, -0.05) is 18.2 Å². The predicted molar refractivity (Wildman–Crippen MR) is 104 cm³/mol. The highest BCUT2D eigenvalue weighted by atomic mass is 16.1. The van der Waals surface area contributed by atoms with E-state index < -0.39 is 0 Å². The Bertz CT molecular complexity index is 950. The van der Waals surface area contributed by atoms with Crippen LogP contribution in [-0.4, -0.2) is 42.1 Å². The van der Waals surface area contributed by atoms with E-state index in [1.165, 1.54) is 0 Å². The summed E-state index contributed by atoms with van der Waals surface area (Å²) < 4.78 is 0. The molecule has 0 bridgehead atoms. The number of hydrogen-bond acceptors (Lipinski definition) is 5. The topological polar surface area (TPSA) is 70.2 Å². The van der Waals surface area contributed by atoms with Crippen molar-refractivity contribution in [3.8, 4) is 0 Å². The molecule has 4 rings (SSSR count). The molecule has 1 aliphatic heterocycles. The van der Waals surface area contributed by atoms with Crippen LogP contribution in [0.5, 0.6) is 0 Å². The molecule has 0 aliphatic carbocycles. The molecule has 2 aromatic heterocycles. The van der Waals surface area contributed by atoms with E-state index in [4.69, 9.17) is 0 Å². The van der Waals surface area contributed by atoms with E-state index in [1.807, 2.05) is 49.4 Å². The van der Waals surface area contributed by atoms with Crippen molar-refractivity contribution in [1.82, 2.24) is 15.3 Å². The number of benzene rings is 1. The van der Waals surface area contributed by atoms with Gasteiger partial charge in [-0.15, -0.1) is 0 Å². The molecule has 3 aromatic rings. The van der Waals surface area contributed by atoms with E-state index in [1.54, 1.807) is 6.20 Å². The SMILES string of the molecule is Cc1cc(C(=O)Nc2ccnc(N3CCNCC3)c2)c2ccccc2n1. The molecule has 2 N–H and O–H groups in total. The lowest BCUT2D eigenvalue weighted by molar-refractivity contribution is 0.102. The zero-order chi connectivity index (χ0) is 17.9. The van der Waals surface area contributed by atoms with Crippen LogP contribution in [-0.2, 0) is 0 Å². The van der Waals surface area contributed by atoms with E-state index in [-0.39, 0.29) is 5.91 Å². The summed E-state index contributed by atoms with van der Waals surface area (Å²) >= 11 is 0. The van der Waals surface area contributed by atoms with Crippen molar-refractivity contribution in [2.24, 2.45) is 0 Å². The van der Waals surface area contributed by atoms with Gasteiger partial charge in [0.1, 0.15) is 5.82 Å². The van der Waals surface area contributed by atoms with Gasteiger partial charge in [0.25, 0.3) is 5.91 Å². The summed E-state index contributed by atoms with van der Waals surface area (Å²) in [6.07, 6.45) is 1.74. The molecule has 0 unspecified atom stereocenters. The number of pyridine rings is 2. The lowest BCUT2D eigenvalue weighted by Crippen LogP contribution is -2.43. The average Bonchev–Trinajstić information content (AvgIpc) is 2.68. The third-order valence-corrected chi connectivity index (χ3v) is 4.53. The molecule has 0 atom stereocenters. The summed E-state index contributed by atoms with van der Waals surface area (Å²) in [7, 11) is 0. The number of carbonyl (C=O) groups is 1. The van der Waals surface area contributed by atoms with E-state index in [9.17, 15) is 4.79 Å². The van der Waals surface area contributed by atoms with Crippen molar-refractivity contribution in [1.29, 1.82) is 0 Å². The van der Waals surface area contributed by atoms with Crippen molar-refractivity contribution in [2.45, 2.75) is 6.92 Å². The number of rotatable bonds is 3. The highest BCUT2D eigenvalue weighted by Gasteiger charge is 2.15. The first-order chi connectivity index (χ1) is 12.7. The minimum atomic E-state index is -0.135. The molecule has 3 heterocycles. The summed E-state index contributed by atoms with van der Waals surface area (Å²) in [4.78, 5) is 24.0. The smallest absolute Gasteiger partial charge is 0.256 e. The summed E-state index contributed by atoms with van der Waals surface area (Å²) in [5.41, 5.74) is 3.03. The molecule has 1 amide bonds. The van der Waals surface area contributed by atoms with Crippen LogP contribution < -0.4 is 15.5 Å². The molecule has 1 aliphatic rings. The summed E-state index contributed by atoms with van der Waals surface area (Å²) in [5, 5.41) is 7.19. The van der Waals surface area contributed by atoms with E-state index in [0.717, 1.165) is 54.3 Å².